The number of carbonyl (C=O) groups excluding carboxylic acids is 1. The molecule has 1 amide bonds. The molecule has 0 aliphatic heterocycles. The number of carbonyl (C=O) groups is 1. The van der Waals surface area contributed by atoms with Crippen LogP contribution in [-0.4, -0.2) is 19.6 Å². The molecule has 4 nitrogen and oxygen atoms in total. The van der Waals surface area contributed by atoms with E-state index in [1.807, 2.05) is 0 Å². The normalized spacial score (nSPS) is 16.2. The van der Waals surface area contributed by atoms with Crippen molar-refractivity contribution in [3.63, 3.8) is 0 Å². The first-order valence-electron chi connectivity index (χ1n) is 6.71. The first kappa shape index (κ1) is 13.7. The molecule has 3 N–H and O–H groups in total. The van der Waals surface area contributed by atoms with Gasteiger partial charge in [-0.2, -0.15) is 0 Å². The lowest BCUT2D eigenvalue weighted by atomic mass is 9.92. The van der Waals surface area contributed by atoms with Crippen LogP contribution in [0.2, 0.25) is 0 Å². The van der Waals surface area contributed by atoms with Gasteiger partial charge in [-0.25, -0.2) is 0 Å². The Morgan fingerprint density at radius 3 is 2.68 bits per heavy atom. The smallest absolute Gasteiger partial charge is 0.257 e. The summed E-state index contributed by atoms with van der Waals surface area (Å²) >= 11 is 0. The van der Waals surface area contributed by atoms with E-state index in [2.05, 4.69) is 19.2 Å². The molecule has 0 heterocycles. The minimum atomic E-state index is -0.151. The van der Waals surface area contributed by atoms with Crippen molar-refractivity contribution >= 4 is 11.6 Å². The van der Waals surface area contributed by atoms with Crippen LogP contribution in [0.1, 0.15) is 37.0 Å². The van der Waals surface area contributed by atoms with Gasteiger partial charge in [0.25, 0.3) is 5.91 Å². The summed E-state index contributed by atoms with van der Waals surface area (Å²) in [5.74, 6) is 0.955. The third-order valence-electron chi connectivity index (χ3n) is 4.22. The molecule has 1 aliphatic rings. The lowest BCUT2D eigenvalue weighted by molar-refractivity contribution is 0.0937. The number of nitrogen functional groups attached to an aromatic ring is 1. The quantitative estimate of drug-likeness (QED) is 0.801. The summed E-state index contributed by atoms with van der Waals surface area (Å²) in [4.78, 5) is 12.3. The number of rotatable bonds is 5. The Balaban J connectivity index is 2.09. The van der Waals surface area contributed by atoms with Crippen LogP contribution < -0.4 is 15.8 Å². The van der Waals surface area contributed by atoms with Gasteiger partial charge in [0.1, 0.15) is 11.3 Å². The highest BCUT2D eigenvalue weighted by Gasteiger charge is 2.45. The highest BCUT2D eigenvalue weighted by Crippen LogP contribution is 2.51. The second-order valence-corrected chi connectivity index (χ2v) is 5.62. The van der Waals surface area contributed by atoms with E-state index in [0.29, 0.717) is 29.5 Å². The Labute approximate surface area is 114 Å². The van der Waals surface area contributed by atoms with Gasteiger partial charge < -0.3 is 15.8 Å². The summed E-state index contributed by atoms with van der Waals surface area (Å²) < 4.78 is 5.20. The van der Waals surface area contributed by atoms with Crippen molar-refractivity contribution in [3.05, 3.63) is 23.8 Å². The van der Waals surface area contributed by atoms with Crippen molar-refractivity contribution in [2.45, 2.75) is 26.7 Å². The van der Waals surface area contributed by atoms with Crippen molar-refractivity contribution < 1.29 is 9.53 Å². The number of ether oxygens (including phenoxy) is 1. The van der Waals surface area contributed by atoms with Crippen LogP contribution in [0.5, 0.6) is 5.75 Å². The summed E-state index contributed by atoms with van der Waals surface area (Å²) in [7, 11) is 1.54. The minimum absolute atomic E-state index is 0.151. The molecule has 4 heteroatoms. The van der Waals surface area contributed by atoms with Gasteiger partial charge in [0.2, 0.25) is 0 Å². The van der Waals surface area contributed by atoms with Gasteiger partial charge in [-0.3, -0.25) is 4.79 Å². The summed E-state index contributed by atoms with van der Waals surface area (Å²) in [6, 6.07) is 5.24. The number of nitrogens with one attached hydrogen (secondary N) is 1. The van der Waals surface area contributed by atoms with Crippen LogP contribution in [0.15, 0.2) is 18.2 Å². The Hall–Kier alpha value is -1.71. The zero-order valence-electron chi connectivity index (χ0n) is 11.8. The maximum Gasteiger partial charge on any atom is 0.257 e. The molecule has 1 saturated carbocycles. The van der Waals surface area contributed by atoms with E-state index >= 15 is 0 Å². The lowest BCUT2D eigenvalue weighted by Crippen LogP contribution is -2.33. The standard InChI is InChI=1S/C15H22N2O2/c1-10(2)15(7-8-15)9-17-14(18)13-11(16)5-4-6-12(13)19-3/h4-6,10H,7-9,16H2,1-3H3,(H,17,18). The number of hydrogen-bond acceptors (Lipinski definition) is 3. The second kappa shape index (κ2) is 5.11. The Bertz CT molecular complexity index is 479. The van der Waals surface area contributed by atoms with Crippen LogP contribution in [0.25, 0.3) is 0 Å². The molecule has 0 radical (unpaired) electrons. The van der Waals surface area contributed by atoms with Crippen molar-refractivity contribution in [2.24, 2.45) is 11.3 Å². The monoisotopic (exact) mass is 262 g/mol. The van der Waals surface area contributed by atoms with Crippen LogP contribution >= 0.6 is 0 Å². The summed E-state index contributed by atoms with van der Waals surface area (Å²) in [6.45, 7) is 5.12. The van der Waals surface area contributed by atoms with Crippen molar-refractivity contribution in [3.8, 4) is 5.75 Å². The third-order valence-corrected chi connectivity index (χ3v) is 4.22. The first-order chi connectivity index (χ1) is 9.00. The van der Waals surface area contributed by atoms with E-state index in [1.165, 1.54) is 12.8 Å². The molecule has 0 aromatic heterocycles. The molecular formula is C15H22N2O2. The van der Waals surface area contributed by atoms with Crippen LogP contribution in [-0.2, 0) is 0 Å². The minimum Gasteiger partial charge on any atom is -0.496 e. The number of benzene rings is 1. The Morgan fingerprint density at radius 2 is 2.16 bits per heavy atom. The van der Waals surface area contributed by atoms with Gasteiger partial charge in [-0.15, -0.1) is 0 Å². The second-order valence-electron chi connectivity index (χ2n) is 5.62. The molecule has 0 unspecified atom stereocenters. The fraction of sp³-hybridized carbons (Fsp3) is 0.533. The lowest BCUT2D eigenvalue weighted by Gasteiger charge is -2.20. The Kier molecular flexibility index (Phi) is 3.69. The maximum atomic E-state index is 12.3. The Morgan fingerprint density at radius 1 is 1.47 bits per heavy atom. The molecule has 19 heavy (non-hydrogen) atoms. The van der Waals surface area contributed by atoms with E-state index < -0.39 is 0 Å². The van der Waals surface area contributed by atoms with E-state index in [-0.39, 0.29) is 11.3 Å². The van der Waals surface area contributed by atoms with E-state index in [4.69, 9.17) is 10.5 Å². The van der Waals surface area contributed by atoms with Crippen molar-refractivity contribution in [1.82, 2.24) is 5.32 Å². The zero-order chi connectivity index (χ0) is 14.0. The molecule has 104 valence electrons. The van der Waals surface area contributed by atoms with Gasteiger partial charge in [-0.05, 0) is 36.3 Å². The summed E-state index contributed by atoms with van der Waals surface area (Å²) in [6.07, 6.45) is 2.37. The molecule has 0 bridgehead atoms. The van der Waals surface area contributed by atoms with Gasteiger partial charge in [0, 0.05) is 12.2 Å². The molecule has 2 rings (SSSR count). The fourth-order valence-electron chi connectivity index (χ4n) is 2.42. The highest BCUT2D eigenvalue weighted by atomic mass is 16.5. The molecule has 1 fully saturated rings. The maximum absolute atomic E-state index is 12.3. The summed E-state index contributed by atoms with van der Waals surface area (Å²) in [5.41, 5.74) is 7.04. The van der Waals surface area contributed by atoms with Crippen molar-refractivity contribution in [2.75, 3.05) is 19.4 Å². The first-order valence-corrected chi connectivity index (χ1v) is 6.71. The van der Waals surface area contributed by atoms with E-state index in [1.54, 1.807) is 25.3 Å². The van der Waals surface area contributed by atoms with Crippen LogP contribution in [0.3, 0.4) is 0 Å². The van der Waals surface area contributed by atoms with Crippen LogP contribution in [0.4, 0.5) is 5.69 Å². The van der Waals surface area contributed by atoms with E-state index in [0.717, 1.165) is 0 Å². The number of anilines is 1. The average Bonchev–Trinajstić information content (AvgIpc) is 3.16. The zero-order valence-corrected chi connectivity index (χ0v) is 11.8. The molecule has 0 spiro atoms. The number of methoxy groups -OCH3 is 1. The molecular weight excluding hydrogens is 240 g/mol. The molecule has 1 aromatic rings. The molecule has 1 aromatic carbocycles. The predicted octanol–water partition coefficient (Wildman–Crippen LogP) is 2.44. The molecule has 0 saturated heterocycles. The van der Waals surface area contributed by atoms with Gasteiger partial charge in [0.05, 0.1) is 7.11 Å². The molecule has 0 atom stereocenters. The number of hydrogen-bond donors (Lipinski definition) is 2. The van der Waals surface area contributed by atoms with Gasteiger partial charge in [0.15, 0.2) is 0 Å². The third kappa shape index (κ3) is 2.67. The SMILES string of the molecule is COc1cccc(N)c1C(=O)NCC1(C(C)C)CC1. The van der Waals surface area contributed by atoms with Gasteiger partial charge in [-0.1, -0.05) is 19.9 Å². The topological polar surface area (TPSA) is 64.3 Å². The highest BCUT2D eigenvalue weighted by molar-refractivity contribution is 6.01. The molecule has 1 aliphatic carbocycles. The predicted molar refractivity (Wildman–Crippen MR) is 76.2 cm³/mol. The average molecular weight is 262 g/mol. The summed E-state index contributed by atoms with van der Waals surface area (Å²) in [5, 5.41) is 3.00. The fourth-order valence-corrected chi connectivity index (χ4v) is 2.42. The largest absolute Gasteiger partial charge is 0.496 e. The van der Waals surface area contributed by atoms with E-state index in [9.17, 15) is 4.79 Å². The number of nitrogens with two attached hydrogens (primary N) is 1. The number of amides is 1. The van der Waals surface area contributed by atoms with Crippen molar-refractivity contribution in [1.29, 1.82) is 0 Å². The van der Waals surface area contributed by atoms with Gasteiger partial charge >= 0.3 is 0 Å². The van der Waals surface area contributed by atoms with Crippen LogP contribution in [0, 0.1) is 11.3 Å².